The van der Waals surface area contributed by atoms with Crippen LogP contribution in [-0.2, 0) is 0 Å². The highest BCUT2D eigenvalue weighted by Crippen LogP contribution is 1.91. The predicted molar refractivity (Wildman–Crippen MR) is 76.9 cm³/mol. The summed E-state index contributed by atoms with van der Waals surface area (Å²) in [4.78, 5) is 8.51. The third-order valence-electron chi connectivity index (χ3n) is 1.48. The van der Waals surface area contributed by atoms with Crippen LogP contribution in [0.3, 0.4) is 0 Å². The lowest BCUT2D eigenvalue weighted by molar-refractivity contribution is 1.09. The molecular formula is C14H26N2. The normalized spacial score (nSPS) is 13.1. The van der Waals surface area contributed by atoms with Crippen molar-refractivity contribution in [3.8, 4) is 0 Å². The lowest BCUT2D eigenvalue weighted by Gasteiger charge is -1.99. The maximum Gasteiger partial charge on any atom is 0.0822 e. The maximum atomic E-state index is 4.35. The smallest absolute Gasteiger partial charge is 0.0822 e. The van der Waals surface area contributed by atoms with E-state index in [1.807, 2.05) is 45.1 Å². The number of nitrogens with zero attached hydrogens (tertiary/aromatic N) is 2. The number of hydrogen-bond acceptors (Lipinski definition) is 2. The first-order chi connectivity index (χ1) is 7.71. The molecule has 0 bridgehead atoms. The van der Waals surface area contributed by atoms with E-state index < -0.39 is 0 Å². The zero-order valence-corrected chi connectivity index (χ0v) is 11.6. The van der Waals surface area contributed by atoms with Crippen molar-refractivity contribution in [2.75, 3.05) is 13.6 Å². The van der Waals surface area contributed by atoms with E-state index in [1.165, 1.54) is 6.42 Å². The van der Waals surface area contributed by atoms with E-state index in [9.17, 15) is 0 Å². The van der Waals surface area contributed by atoms with Crippen molar-refractivity contribution in [3.63, 3.8) is 0 Å². The molecule has 92 valence electrons. The van der Waals surface area contributed by atoms with Crippen LogP contribution >= 0.6 is 0 Å². The first-order valence-corrected chi connectivity index (χ1v) is 5.98. The van der Waals surface area contributed by atoms with Crippen molar-refractivity contribution in [1.82, 2.24) is 0 Å². The maximum absolute atomic E-state index is 4.35. The van der Waals surface area contributed by atoms with Gasteiger partial charge in [0.25, 0.3) is 0 Å². The van der Waals surface area contributed by atoms with Gasteiger partial charge in [-0.2, -0.15) is 0 Å². The highest BCUT2D eigenvalue weighted by atomic mass is 14.8. The molecule has 0 atom stereocenters. The van der Waals surface area contributed by atoms with Crippen molar-refractivity contribution in [1.29, 1.82) is 0 Å². The van der Waals surface area contributed by atoms with E-state index in [0.717, 1.165) is 18.0 Å². The highest BCUT2D eigenvalue weighted by Gasteiger charge is 1.98. The topological polar surface area (TPSA) is 24.7 Å². The summed E-state index contributed by atoms with van der Waals surface area (Å²) in [5.74, 6) is 0. The summed E-state index contributed by atoms with van der Waals surface area (Å²) in [6.07, 6.45) is 9.14. The van der Waals surface area contributed by atoms with E-state index in [2.05, 4.69) is 23.8 Å². The summed E-state index contributed by atoms with van der Waals surface area (Å²) in [5, 5.41) is 0. The van der Waals surface area contributed by atoms with Crippen LogP contribution in [0.4, 0.5) is 0 Å². The van der Waals surface area contributed by atoms with Gasteiger partial charge in [-0.15, -0.1) is 0 Å². The monoisotopic (exact) mass is 222 g/mol. The van der Waals surface area contributed by atoms with Gasteiger partial charge in [0.2, 0.25) is 0 Å². The molecule has 0 fully saturated rings. The van der Waals surface area contributed by atoms with Gasteiger partial charge in [-0.1, -0.05) is 32.4 Å². The second kappa shape index (κ2) is 13.8. The van der Waals surface area contributed by atoms with Crippen molar-refractivity contribution >= 4 is 11.4 Å². The van der Waals surface area contributed by atoms with Crippen LogP contribution in [0.15, 0.2) is 34.3 Å². The Balaban J connectivity index is 0. The average Bonchev–Trinajstić information content (AvgIpc) is 2.27. The van der Waals surface area contributed by atoms with Gasteiger partial charge in [-0.3, -0.25) is 9.98 Å². The van der Waals surface area contributed by atoms with Gasteiger partial charge in [0.05, 0.1) is 11.4 Å². The molecule has 0 unspecified atom stereocenters. The molecule has 2 heteroatoms. The fourth-order valence-corrected chi connectivity index (χ4v) is 0.980. The zero-order valence-electron chi connectivity index (χ0n) is 11.6. The predicted octanol–water partition coefficient (Wildman–Crippen LogP) is 4.09. The fourth-order valence-electron chi connectivity index (χ4n) is 0.980. The largest absolute Gasteiger partial charge is 0.286 e. The standard InChI is InChI=1S/C11H18N2.C3H8/c1-5-8-10(12-4)11(9-6-2)13-7-3;1-3-2/h5-6,8-9H,7H2,1-4H3;3H2,1-2H3/b8-5-,9-6-,12-10?,13-11?;. The van der Waals surface area contributed by atoms with Gasteiger partial charge in [0, 0.05) is 13.6 Å². The summed E-state index contributed by atoms with van der Waals surface area (Å²) in [7, 11) is 1.78. The van der Waals surface area contributed by atoms with Crippen molar-refractivity contribution < 1.29 is 0 Å². The van der Waals surface area contributed by atoms with E-state index in [-0.39, 0.29) is 0 Å². The number of aliphatic imine (C=N–C) groups is 2. The SMILES string of the molecule is C/C=C\C(=NC)C(/C=C\C)=NCC.CCC. The third kappa shape index (κ3) is 9.38. The number of allylic oxidation sites excluding steroid dienone is 4. The van der Waals surface area contributed by atoms with Crippen LogP contribution in [0.1, 0.15) is 41.0 Å². The molecule has 2 nitrogen and oxygen atoms in total. The van der Waals surface area contributed by atoms with Crippen LogP contribution in [0, 0.1) is 0 Å². The Hall–Kier alpha value is -1.18. The van der Waals surface area contributed by atoms with E-state index in [1.54, 1.807) is 7.05 Å². The molecule has 0 aromatic carbocycles. The molecule has 0 spiro atoms. The second-order valence-corrected chi connectivity index (χ2v) is 3.18. The summed E-state index contributed by atoms with van der Waals surface area (Å²) in [5.41, 5.74) is 1.88. The Labute approximate surface area is 101 Å². The van der Waals surface area contributed by atoms with Crippen LogP contribution in [0.5, 0.6) is 0 Å². The van der Waals surface area contributed by atoms with Crippen molar-refractivity contribution in [2.45, 2.75) is 41.0 Å². The molecule has 0 rings (SSSR count). The Kier molecular flexibility index (Phi) is 14.9. The van der Waals surface area contributed by atoms with Crippen LogP contribution in [0.2, 0.25) is 0 Å². The molecule has 0 radical (unpaired) electrons. The third-order valence-corrected chi connectivity index (χ3v) is 1.48. The summed E-state index contributed by atoms with van der Waals surface area (Å²) in [6, 6.07) is 0. The Bertz CT molecular complexity index is 258. The van der Waals surface area contributed by atoms with E-state index >= 15 is 0 Å². The molecule has 0 heterocycles. The Morgan fingerprint density at radius 2 is 1.38 bits per heavy atom. The molecule has 0 amide bonds. The lowest BCUT2D eigenvalue weighted by Crippen LogP contribution is -2.09. The molecule has 0 N–H and O–H groups in total. The van der Waals surface area contributed by atoms with Gasteiger partial charge < -0.3 is 0 Å². The van der Waals surface area contributed by atoms with Gasteiger partial charge in [-0.05, 0) is 32.9 Å². The summed E-state index contributed by atoms with van der Waals surface area (Å²) >= 11 is 0. The molecule has 0 saturated carbocycles. The van der Waals surface area contributed by atoms with Gasteiger partial charge >= 0.3 is 0 Å². The van der Waals surface area contributed by atoms with Gasteiger partial charge in [-0.25, -0.2) is 0 Å². The van der Waals surface area contributed by atoms with E-state index in [0.29, 0.717) is 0 Å². The summed E-state index contributed by atoms with van der Waals surface area (Å²) < 4.78 is 0. The molecule has 0 aromatic rings. The second-order valence-electron chi connectivity index (χ2n) is 3.18. The minimum Gasteiger partial charge on any atom is -0.286 e. The van der Waals surface area contributed by atoms with Crippen LogP contribution < -0.4 is 0 Å². The molecule has 0 aliphatic rings. The number of rotatable bonds is 4. The Morgan fingerprint density at radius 3 is 1.69 bits per heavy atom. The first kappa shape index (κ1) is 17.2. The average molecular weight is 222 g/mol. The molecule has 0 saturated heterocycles. The lowest BCUT2D eigenvalue weighted by atomic mass is 10.2. The molecule has 0 aliphatic heterocycles. The zero-order chi connectivity index (χ0) is 12.8. The molecule has 16 heavy (non-hydrogen) atoms. The van der Waals surface area contributed by atoms with E-state index in [4.69, 9.17) is 0 Å². The fraction of sp³-hybridized carbons (Fsp3) is 0.571. The summed E-state index contributed by atoms with van der Waals surface area (Å²) in [6.45, 7) is 11.0. The van der Waals surface area contributed by atoms with Crippen molar-refractivity contribution in [2.24, 2.45) is 9.98 Å². The van der Waals surface area contributed by atoms with Crippen LogP contribution in [0.25, 0.3) is 0 Å². The molecular weight excluding hydrogens is 196 g/mol. The van der Waals surface area contributed by atoms with Crippen LogP contribution in [-0.4, -0.2) is 25.0 Å². The number of hydrogen-bond donors (Lipinski definition) is 0. The minimum absolute atomic E-state index is 0.788. The quantitative estimate of drug-likeness (QED) is 0.640. The molecule has 0 aromatic heterocycles. The first-order valence-electron chi connectivity index (χ1n) is 5.98. The molecule has 0 aliphatic carbocycles. The minimum atomic E-state index is 0.788. The van der Waals surface area contributed by atoms with Gasteiger partial charge in [0.1, 0.15) is 0 Å². The van der Waals surface area contributed by atoms with Crippen molar-refractivity contribution in [3.05, 3.63) is 24.3 Å². The highest BCUT2D eigenvalue weighted by molar-refractivity contribution is 6.50. The van der Waals surface area contributed by atoms with Gasteiger partial charge in [0.15, 0.2) is 0 Å². The Morgan fingerprint density at radius 1 is 0.938 bits per heavy atom.